The van der Waals surface area contributed by atoms with Crippen molar-refractivity contribution < 1.29 is 18.0 Å². The summed E-state index contributed by atoms with van der Waals surface area (Å²) < 4.78 is 31.9. The summed E-state index contributed by atoms with van der Waals surface area (Å²) in [7, 11) is 1.52. The van der Waals surface area contributed by atoms with Gasteiger partial charge in [-0.3, -0.25) is 4.79 Å². The molecule has 0 saturated carbocycles. The Morgan fingerprint density at radius 3 is 2.62 bits per heavy atom. The summed E-state index contributed by atoms with van der Waals surface area (Å²) >= 11 is 0. The highest BCUT2D eigenvalue weighted by molar-refractivity contribution is 5.92. The number of rotatable bonds is 4. The zero-order valence-corrected chi connectivity index (χ0v) is 12.9. The van der Waals surface area contributed by atoms with Gasteiger partial charge in [0.05, 0.1) is 0 Å². The zero-order valence-electron chi connectivity index (χ0n) is 12.9. The Balaban J connectivity index is 1.75. The summed E-state index contributed by atoms with van der Waals surface area (Å²) in [4.78, 5) is 17.8. The van der Waals surface area contributed by atoms with Crippen LogP contribution < -0.4 is 0 Å². The monoisotopic (exact) mass is 328 g/mol. The van der Waals surface area contributed by atoms with Crippen molar-refractivity contribution in [2.45, 2.75) is 6.54 Å². The first-order valence-electron chi connectivity index (χ1n) is 7.25. The zero-order chi connectivity index (χ0) is 17.1. The van der Waals surface area contributed by atoms with Crippen molar-refractivity contribution in [3.8, 4) is 11.5 Å². The molecule has 122 valence electrons. The van der Waals surface area contributed by atoms with E-state index in [0.29, 0.717) is 5.89 Å². The molecule has 0 spiro atoms. The third-order valence-corrected chi connectivity index (χ3v) is 3.51. The highest BCUT2D eigenvalue weighted by Crippen LogP contribution is 2.19. The standard InChI is InChI=1S/C18H14F2N2O2/c1-22(10-13-7-8-14(19)9-15(13)20)18(23)16-11-24-17(21-16)12-5-3-2-4-6-12/h2-9,11H,10H2,1H3. The fourth-order valence-electron chi connectivity index (χ4n) is 2.26. The average Bonchev–Trinajstić information content (AvgIpc) is 3.07. The van der Waals surface area contributed by atoms with E-state index >= 15 is 0 Å². The lowest BCUT2D eigenvalue weighted by Crippen LogP contribution is -2.27. The fraction of sp³-hybridized carbons (Fsp3) is 0.111. The van der Waals surface area contributed by atoms with E-state index in [1.165, 1.54) is 24.3 Å². The predicted octanol–water partition coefficient (Wildman–Crippen LogP) is 3.89. The second-order valence-electron chi connectivity index (χ2n) is 5.30. The van der Waals surface area contributed by atoms with Crippen LogP contribution in [0, 0.1) is 11.6 Å². The largest absolute Gasteiger partial charge is 0.444 e. The van der Waals surface area contributed by atoms with Gasteiger partial charge >= 0.3 is 0 Å². The molecule has 3 rings (SSSR count). The van der Waals surface area contributed by atoms with Crippen LogP contribution in [0.1, 0.15) is 16.1 Å². The molecule has 1 aromatic heterocycles. The van der Waals surface area contributed by atoms with Gasteiger partial charge < -0.3 is 9.32 Å². The van der Waals surface area contributed by atoms with Gasteiger partial charge in [0, 0.05) is 30.8 Å². The molecule has 0 N–H and O–H groups in total. The molecule has 0 fully saturated rings. The molecule has 0 bridgehead atoms. The maximum atomic E-state index is 13.7. The van der Waals surface area contributed by atoms with Gasteiger partial charge in [0.25, 0.3) is 5.91 Å². The number of halogens is 2. The molecule has 1 amide bonds. The molecule has 0 aliphatic carbocycles. The molecule has 4 nitrogen and oxygen atoms in total. The smallest absolute Gasteiger partial charge is 0.275 e. The van der Waals surface area contributed by atoms with E-state index in [4.69, 9.17) is 4.42 Å². The van der Waals surface area contributed by atoms with Crippen LogP contribution in [0.2, 0.25) is 0 Å². The van der Waals surface area contributed by atoms with Gasteiger partial charge in [-0.25, -0.2) is 13.8 Å². The minimum absolute atomic E-state index is 0.00151. The second-order valence-corrected chi connectivity index (χ2v) is 5.30. The van der Waals surface area contributed by atoms with E-state index in [9.17, 15) is 13.6 Å². The molecular formula is C18H14F2N2O2. The van der Waals surface area contributed by atoms with Gasteiger partial charge in [0.1, 0.15) is 17.9 Å². The highest BCUT2D eigenvalue weighted by atomic mass is 19.1. The summed E-state index contributed by atoms with van der Waals surface area (Å²) in [6, 6.07) is 12.4. The van der Waals surface area contributed by atoms with Crippen LogP contribution in [0.3, 0.4) is 0 Å². The molecule has 0 radical (unpaired) electrons. The van der Waals surface area contributed by atoms with Gasteiger partial charge in [-0.15, -0.1) is 0 Å². The maximum absolute atomic E-state index is 13.7. The van der Waals surface area contributed by atoms with Crippen molar-refractivity contribution in [1.29, 1.82) is 0 Å². The molecule has 3 aromatic rings. The number of oxazole rings is 1. The van der Waals surface area contributed by atoms with Gasteiger partial charge in [0.15, 0.2) is 5.69 Å². The van der Waals surface area contributed by atoms with E-state index in [0.717, 1.165) is 17.7 Å². The number of hydrogen-bond acceptors (Lipinski definition) is 3. The molecule has 0 atom stereocenters. The van der Waals surface area contributed by atoms with Crippen LogP contribution in [-0.2, 0) is 6.54 Å². The van der Waals surface area contributed by atoms with Crippen molar-refractivity contribution >= 4 is 5.91 Å². The van der Waals surface area contributed by atoms with Gasteiger partial charge in [-0.05, 0) is 18.2 Å². The SMILES string of the molecule is CN(Cc1ccc(F)cc1F)C(=O)c1coc(-c2ccccc2)n1. The first-order valence-corrected chi connectivity index (χ1v) is 7.25. The Labute approximate surface area is 137 Å². The molecule has 1 heterocycles. The second kappa shape index (κ2) is 6.62. The van der Waals surface area contributed by atoms with E-state index in [1.54, 1.807) is 0 Å². The number of carbonyl (C=O) groups excluding carboxylic acids is 1. The van der Waals surface area contributed by atoms with Crippen LogP contribution in [0.15, 0.2) is 59.2 Å². The van der Waals surface area contributed by atoms with Crippen LogP contribution in [0.5, 0.6) is 0 Å². The van der Waals surface area contributed by atoms with Crippen LogP contribution in [0.4, 0.5) is 8.78 Å². The van der Waals surface area contributed by atoms with Crippen molar-refractivity contribution in [2.75, 3.05) is 7.05 Å². The predicted molar refractivity (Wildman–Crippen MR) is 84.1 cm³/mol. The van der Waals surface area contributed by atoms with E-state index in [2.05, 4.69) is 4.98 Å². The lowest BCUT2D eigenvalue weighted by molar-refractivity contribution is 0.0778. The molecule has 6 heteroatoms. The van der Waals surface area contributed by atoms with Crippen LogP contribution in [-0.4, -0.2) is 22.8 Å². The first-order chi connectivity index (χ1) is 11.5. The number of amides is 1. The number of carbonyl (C=O) groups is 1. The van der Waals surface area contributed by atoms with E-state index in [-0.39, 0.29) is 17.8 Å². The van der Waals surface area contributed by atoms with Crippen molar-refractivity contribution in [1.82, 2.24) is 9.88 Å². The van der Waals surface area contributed by atoms with Crippen molar-refractivity contribution in [2.24, 2.45) is 0 Å². The summed E-state index contributed by atoms with van der Waals surface area (Å²) in [5, 5.41) is 0. The minimum Gasteiger partial charge on any atom is -0.444 e. The number of aromatic nitrogens is 1. The lowest BCUT2D eigenvalue weighted by Gasteiger charge is -2.16. The van der Waals surface area contributed by atoms with Crippen molar-refractivity contribution in [3.63, 3.8) is 0 Å². The fourth-order valence-corrected chi connectivity index (χ4v) is 2.26. The lowest BCUT2D eigenvalue weighted by atomic mass is 10.2. The summed E-state index contributed by atoms with van der Waals surface area (Å²) in [5.74, 6) is -1.43. The van der Waals surface area contributed by atoms with Crippen molar-refractivity contribution in [3.05, 3.63) is 77.7 Å². The molecule has 0 saturated heterocycles. The Bertz CT molecular complexity index is 862. The molecular weight excluding hydrogens is 314 g/mol. The quantitative estimate of drug-likeness (QED) is 0.730. The Morgan fingerprint density at radius 1 is 1.17 bits per heavy atom. The third-order valence-electron chi connectivity index (χ3n) is 3.51. The van der Waals surface area contributed by atoms with Gasteiger partial charge in [-0.1, -0.05) is 24.3 Å². The average molecular weight is 328 g/mol. The third kappa shape index (κ3) is 3.32. The van der Waals surface area contributed by atoms with E-state index < -0.39 is 17.5 Å². The van der Waals surface area contributed by atoms with Crippen LogP contribution >= 0.6 is 0 Å². The summed E-state index contributed by atoms with van der Waals surface area (Å²) in [5.41, 5.74) is 1.10. The molecule has 0 unspecified atom stereocenters. The number of nitrogens with zero attached hydrogens (tertiary/aromatic N) is 2. The van der Waals surface area contributed by atoms with Gasteiger partial charge in [0.2, 0.25) is 5.89 Å². The molecule has 24 heavy (non-hydrogen) atoms. The molecule has 0 aliphatic rings. The Hall–Kier alpha value is -3.02. The summed E-state index contributed by atoms with van der Waals surface area (Å²) in [6.45, 7) is -0.00151. The minimum atomic E-state index is -0.695. The Morgan fingerprint density at radius 2 is 1.92 bits per heavy atom. The number of benzene rings is 2. The Kier molecular flexibility index (Phi) is 4.37. The maximum Gasteiger partial charge on any atom is 0.275 e. The number of hydrogen-bond donors (Lipinski definition) is 0. The van der Waals surface area contributed by atoms with E-state index in [1.807, 2.05) is 30.3 Å². The first kappa shape index (κ1) is 15.9. The topological polar surface area (TPSA) is 46.3 Å². The summed E-state index contributed by atoms with van der Waals surface area (Å²) in [6.07, 6.45) is 1.27. The van der Waals surface area contributed by atoms with Gasteiger partial charge in [-0.2, -0.15) is 0 Å². The highest BCUT2D eigenvalue weighted by Gasteiger charge is 2.18. The molecule has 2 aromatic carbocycles. The normalized spacial score (nSPS) is 10.6. The van der Waals surface area contributed by atoms with Crippen LogP contribution in [0.25, 0.3) is 11.5 Å². The molecule has 0 aliphatic heterocycles.